The number of methoxy groups -OCH3 is 1. The van der Waals surface area contributed by atoms with Crippen LogP contribution >= 0.6 is 0 Å². The third-order valence-corrected chi connectivity index (χ3v) is 6.20. The third-order valence-electron chi connectivity index (χ3n) is 6.20. The highest BCUT2D eigenvalue weighted by molar-refractivity contribution is 5.90. The van der Waals surface area contributed by atoms with Crippen LogP contribution in [0.3, 0.4) is 0 Å². The molecule has 0 aromatic carbocycles. The summed E-state index contributed by atoms with van der Waals surface area (Å²) in [6.07, 6.45) is 3.18. The molecule has 0 aliphatic carbocycles. The Morgan fingerprint density at radius 3 is 2.17 bits per heavy atom. The zero-order chi connectivity index (χ0) is 26.9. The Kier molecular flexibility index (Phi) is 11.4. The van der Waals surface area contributed by atoms with Gasteiger partial charge in [0.2, 0.25) is 5.91 Å². The molecule has 35 heavy (non-hydrogen) atoms. The zero-order valence-corrected chi connectivity index (χ0v) is 22.4. The van der Waals surface area contributed by atoms with Gasteiger partial charge in [-0.3, -0.25) is 29.3 Å². The summed E-state index contributed by atoms with van der Waals surface area (Å²) in [5.41, 5.74) is 10.4. The highest BCUT2D eigenvalue weighted by Gasteiger charge is 2.43. The summed E-state index contributed by atoms with van der Waals surface area (Å²) in [4.78, 5) is 44.6. The molecule has 0 saturated carbocycles. The summed E-state index contributed by atoms with van der Waals surface area (Å²) >= 11 is 0. The van der Waals surface area contributed by atoms with Gasteiger partial charge in [0.25, 0.3) is 11.8 Å². The monoisotopic (exact) mass is 491 g/mol. The van der Waals surface area contributed by atoms with Crippen LogP contribution in [-0.2, 0) is 14.3 Å². The Balaban J connectivity index is 3.55. The topological polar surface area (TPSA) is 133 Å². The lowest BCUT2D eigenvalue weighted by Crippen LogP contribution is -2.64. The van der Waals surface area contributed by atoms with Gasteiger partial charge in [-0.1, -0.05) is 39.2 Å². The molecular weight excluding hydrogens is 450 g/mol. The Labute approximate surface area is 208 Å². The van der Waals surface area contributed by atoms with E-state index in [0.29, 0.717) is 6.42 Å². The number of hydrogen-bond donors (Lipinski definition) is 1. The average molecular weight is 492 g/mol. The van der Waals surface area contributed by atoms with Gasteiger partial charge in [-0.2, -0.15) is 0 Å². The van der Waals surface area contributed by atoms with Crippen LogP contribution in [0, 0.1) is 11.8 Å². The average Bonchev–Trinajstić information content (AvgIpc) is 3.31. The number of hydrogen-bond acceptors (Lipinski definition) is 6. The SMILES string of the molecule is CC[C@H](C)[C@@H]([C@@H](CC(=O)n1cccc1)OC)N(NC(=O)[C@H](C(C)C)N(C)C)C(=O)C(C)(C)N=[N+]=[N-]. The molecule has 0 unspecified atom stereocenters. The molecule has 1 aromatic heterocycles. The summed E-state index contributed by atoms with van der Waals surface area (Å²) in [5, 5.41) is 4.89. The van der Waals surface area contributed by atoms with Crippen LogP contribution in [0.1, 0.15) is 59.2 Å². The van der Waals surface area contributed by atoms with Gasteiger partial charge in [0.15, 0.2) is 0 Å². The molecule has 4 atom stereocenters. The van der Waals surface area contributed by atoms with Crippen LogP contribution in [0.5, 0.6) is 0 Å². The van der Waals surface area contributed by atoms with Crippen LogP contribution in [0.4, 0.5) is 0 Å². The van der Waals surface area contributed by atoms with Crippen molar-refractivity contribution in [3.05, 3.63) is 35.0 Å². The number of carbonyl (C=O) groups is 3. The highest BCUT2D eigenvalue weighted by atomic mass is 16.5. The molecule has 0 bridgehead atoms. The molecule has 0 spiro atoms. The Morgan fingerprint density at radius 1 is 1.17 bits per heavy atom. The van der Waals surface area contributed by atoms with E-state index >= 15 is 0 Å². The van der Waals surface area contributed by atoms with Crippen molar-refractivity contribution in [1.82, 2.24) is 19.9 Å². The molecule has 196 valence electrons. The quantitative estimate of drug-likeness (QED) is 0.207. The van der Waals surface area contributed by atoms with Crippen LogP contribution < -0.4 is 5.43 Å². The van der Waals surface area contributed by atoms with Crippen molar-refractivity contribution in [2.75, 3.05) is 21.2 Å². The smallest absolute Gasteiger partial charge is 0.256 e. The van der Waals surface area contributed by atoms with Crippen LogP contribution in [-0.4, -0.2) is 77.1 Å². The number of amides is 2. The minimum Gasteiger partial charge on any atom is -0.379 e. The van der Waals surface area contributed by atoms with E-state index in [4.69, 9.17) is 10.3 Å². The first-order valence-electron chi connectivity index (χ1n) is 11.9. The summed E-state index contributed by atoms with van der Waals surface area (Å²) in [7, 11) is 5.06. The molecule has 11 nitrogen and oxygen atoms in total. The number of likely N-dealkylation sites (N-methyl/N-ethyl adjacent to an activating group) is 1. The number of aromatic nitrogens is 1. The van der Waals surface area contributed by atoms with E-state index in [0.717, 1.165) is 0 Å². The van der Waals surface area contributed by atoms with Crippen molar-refractivity contribution in [3.63, 3.8) is 0 Å². The standard InChI is InChI=1S/C24H41N7O4/c1-10-17(4)21(18(35-9)15-19(32)30-13-11-12-14-30)31(23(34)24(5,6)27-28-25)26-22(33)20(16(2)3)29(7)8/h11-14,16-18,20-21H,10,15H2,1-9H3,(H,26,33)/t17-,18+,20-,21-/m0/s1. The molecule has 0 aliphatic rings. The van der Waals surface area contributed by atoms with E-state index in [9.17, 15) is 14.4 Å². The number of rotatable bonds is 12. The van der Waals surface area contributed by atoms with E-state index < -0.39 is 29.6 Å². The fourth-order valence-corrected chi connectivity index (χ4v) is 4.18. The molecule has 0 fully saturated rings. The molecule has 1 N–H and O–H groups in total. The van der Waals surface area contributed by atoms with E-state index in [2.05, 4.69) is 15.5 Å². The van der Waals surface area contributed by atoms with E-state index in [1.807, 2.05) is 27.7 Å². The van der Waals surface area contributed by atoms with Gasteiger partial charge >= 0.3 is 0 Å². The summed E-state index contributed by atoms with van der Waals surface area (Å²) in [6, 6.07) is 2.27. The van der Waals surface area contributed by atoms with Crippen molar-refractivity contribution in [2.24, 2.45) is 17.0 Å². The Morgan fingerprint density at radius 2 is 1.74 bits per heavy atom. The minimum atomic E-state index is -1.48. The number of nitrogens with one attached hydrogen (secondary N) is 1. The van der Waals surface area contributed by atoms with Crippen LogP contribution in [0.2, 0.25) is 0 Å². The van der Waals surface area contributed by atoms with Gasteiger partial charge in [-0.15, -0.1) is 0 Å². The second-order valence-corrected chi connectivity index (χ2v) is 9.89. The maximum Gasteiger partial charge on any atom is 0.256 e. The van der Waals surface area contributed by atoms with Crippen molar-refractivity contribution in [2.45, 2.75) is 78.1 Å². The lowest BCUT2D eigenvalue weighted by atomic mass is 9.90. The zero-order valence-electron chi connectivity index (χ0n) is 22.4. The van der Waals surface area contributed by atoms with Crippen molar-refractivity contribution < 1.29 is 19.1 Å². The van der Waals surface area contributed by atoms with Crippen molar-refractivity contribution >= 4 is 17.7 Å². The van der Waals surface area contributed by atoms with Gasteiger partial charge < -0.3 is 4.74 Å². The fraction of sp³-hybridized carbons (Fsp3) is 0.708. The van der Waals surface area contributed by atoms with Crippen molar-refractivity contribution in [1.29, 1.82) is 0 Å². The summed E-state index contributed by atoms with van der Waals surface area (Å²) in [5.74, 6) is -1.39. The Hall–Kier alpha value is -2.88. The predicted molar refractivity (Wildman–Crippen MR) is 134 cm³/mol. The van der Waals surface area contributed by atoms with Gasteiger partial charge in [0.1, 0.15) is 5.54 Å². The van der Waals surface area contributed by atoms with Crippen molar-refractivity contribution in [3.8, 4) is 0 Å². The minimum absolute atomic E-state index is 0.0247. The molecule has 0 aliphatic heterocycles. The van der Waals surface area contributed by atoms with Crippen LogP contribution in [0.25, 0.3) is 10.4 Å². The van der Waals surface area contributed by atoms with E-state index in [1.54, 1.807) is 43.5 Å². The largest absolute Gasteiger partial charge is 0.379 e. The number of nitrogens with zero attached hydrogens (tertiary/aromatic N) is 6. The number of carbonyl (C=O) groups excluding carboxylic acids is 3. The number of ether oxygens (including phenoxy) is 1. The third kappa shape index (κ3) is 7.81. The molecule has 1 heterocycles. The fourth-order valence-electron chi connectivity index (χ4n) is 4.18. The van der Waals surface area contributed by atoms with Crippen LogP contribution in [0.15, 0.2) is 29.6 Å². The number of hydrazine groups is 1. The lowest BCUT2D eigenvalue weighted by molar-refractivity contribution is -0.156. The Bertz CT molecular complexity index is 884. The number of azide groups is 1. The summed E-state index contributed by atoms with van der Waals surface area (Å²) in [6.45, 7) is 10.7. The second kappa shape index (κ2) is 13.3. The maximum atomic E-state index is 13.7. The first-order valence-corrected chi connectivity index (χ1v) is 11.9. The van der Waals surface area contributed by atoms with Gasteiger partial charge in [-0.05, 0) is 57.4 Å². The molecule has 11 heteroatoms. The molecule has 0 saturated heterocycles. The molecule has 2 amide bonds. The normalized spacial score (nSPS) is 15.2. The van der Waals surface area contributed by atoms with Gasteiger partial charge in [0, 0.05) is 24.4 Å². The first-order chi connectivity index (χ1) is 16.3. The lowest BCUT2D eigenvalue weighted by Gasteiger charge is -2.42. The second-order valence-electron chi connectivity index (χ2n) is 9.89. The van der Waals surface area contributed by atoms with E-state index in [1.165, 1.54) is 30.5 Å². The van der Waals surface area contributed by atoms with E-state index in [-0.39, 0.29) is 30.1 Å². The van der Waals surface area contributed by atoms with Gasteiger partial charge in [0.05, 0.1) is 24.6 Å². The molecule has 1 rings (SSSR count). The molecular formula is C24H41N7O4. The molecule has 0 radical (unpaired) electrons. The first kappa shape index (κ1) is 30.2. The molecule has 1 aromatic rings. The highest BCUT2D eigenvalue weighted by Crippen LogP contribution is 2.26. The summed E-state index contributed by atoms with van der Waals surface area (Å²) < 4.78 is 7.21. The maximum absolute atomic E-state index is 13.7. The predicted octanol–water partition coefficient (Wildman–Crippen LogP) is 3.48. The van der Waals surface area contributed by atoms with Gasteiger partial charge in [-0.25, -0.2) is 5.01 Å².